The highest BCUT2D eigenvalue weighted by Crippen LogP contribution is 2.24. The molecule has 1 saturated heterocycles. The van der Waals surface area contributed by atoms with Crippen LogP contribution >= 0.6 is 0 Å². The zero-order valence-electron chi connectivity index (χ0n) is 16.1. The number of rotatable bonds is 6. The molecule has 9 heteroatoms. The lowest BCUT2D eigenvalue weighted by molar-refractivity contribution is -0.144. The first-order valence-corrected chi connectivity index (χ1v) is 10.9. The average molecular weight is 420 g/mol. The van der Waals surface area contributed by atoms with E-state index in [9.17, 15) is 23.1 Å². The third kappa shape index (κ3) is 4.58. The molecule has 4 N–H and O–H groups in total. The van der Waals surface area contributed by atoms with Gasteiger partial charge in [0.2, 0.25) is 21.8 Å². The Morgan fingerprint density at radius 1 is 1.24 bits per heavy atom. The van der Waals surface area contributed by atoms with Crippen molar-refractivity contribution in [2.45, 2.75) is 36.7 Å². The van der Waals surface area contributed by atoms with Crippen LogP contribution in [0.1, 0.15) is 19.8 Å². The maximum Gasteiger partial charge on any atom is 0.243 e. The van der Waals surface area contributed by atoms with E-state index in [-0.39, 0.29) is 17.4 Å². The summed E-state index contributed by atoms with van der Waals surface area (Å²) < 4.78 is 27.9. The van der Waals surface area contributed by atoms with E-state index < -0.39 is 40.5 Å². The second kappa shape index (κ2) is 8.48. The zero-order valence-corrected chi connectivity index (χ0v) is 16.9. The van der Waals surface area contributed by atoms with E-state index in [0.29, 0.717) is 12.8 Å². The minimum absolute atomic E-state index is 0.0128. The number of nitrogens with two attached hydrogens (primary N) is 1. The predicted octanol–water partition coefficient (Wildman–Crippen LogP) is 0.591. The van der Waals surface area contributed by atoms with Crippen LogP contribution < -0.4 is 10.5 Å². The summed E-state index contributed by atoms with van der Waals surface area (Å²) in [7, 11) is -4.07. The zero-order chi connectivity index (χ0) is 21.2. The normalized spacial score (nSPS) is 21.1. The van der Waals surface area contributed by atoms with Crippen molar-refractivity contribution in [2.75, 3.05) is 13.2 Å². The van der Waals surface area contributed by atoms with Crippen molar-refractivity contribution in [1.82, 2.24) is 9.62 Å². The quantitative estimate of drug-likeness (QED) is 0.631. The van der Waals surface area contributed by atoms with E-state index in [0.717, 1.165) is 10.8 Å². The molecule has 2 aromatic rings. The molecular formula is C20H25N3O5S. The molecule has 29 heavy (non-hydrogen) atoms. The number of carbonyl (C=O) groups is 2. The first kappa shape index (κ1) is 21.2. The summed E-state index contributed by atoms with van der Waals surface area (Å²) in [5, 5.41) is 11.3. The molecule has 0 bridgehead atoms. The molecule has 2 amide bonds. The van der Waals surface area contributed by atoms with Gasteiger partial charge < -0.3 is 15.7 Å². The van der Waals surface area contributed by atoms with Gasteiger partial charge in [0.25, 0.3) is 0 Å². The van der Waals surface area contributed by atoms with Crippen molar-refractivity contribution >= 4 is 32.6 Å². The van der Waals surface area contributed by atoms with Gasteiger partial charge in [0.1, 0.15) is 12.1 Å². The van der Waals surface area contributed by atoms with Gasteiger partial charge in [-0.05, 0) is 41.7 Å². The Morgan fingerprint density at radius 2 is 1.93 bits per heavy atom. The highest BCUT2D eigenvalue weighted by Gasteiger charge is 2.37. The van der Waals surface area contributed by atoms with Crippen LogP contribution in [0.4, 0.5) is 0 Å². The van der Waals surface area contributed by atoms with Gasteiger partial charge in [-0.3, -0.25) is 9.59 Å². The number of amides is 2. The smallest absolute Gasteiger partial charge is 0.243 e. The number of aliphatic hydroxyl groups excluding tert-OH is 1. The number of nitrogens with zero attached hydrogens (tertiary/aromatic N) is 1. The number of sulfonamides is 1. The van der Waals surface area contributed by atoms with Crippen molar-refractivity contribution in [3.8, 4) is 0 Å². The van der Waals surface area contributed by atoms with Crippen molar-refractivity contribution in [2.24, 2.45) is 11.7 Å². The van der Waals surface area contributed by atoms with Gasteiger partial charge in [-0.15, -0.1) is 0 Å². The second-order valence-electron chi connectivity index (χ2n) is 7.44. The van der Waals surface area contributed by atoms with Gasteiger partial charge >= 0.3 is 0 Å². The molecule has 8 nitrogen and oxygen atoms in total. The number of benzene rings is 2. The molecule has 0 aliphatic carbocycles. The fourth-order valence-corrected chi connectivity index (χ4v) is 4.85. The van der Waals surface area contributed by atoms with Crippen molar-refractivity contribution in [3.63, 3.8) is 0 Å². The molecule has 0 radical (unpaired) electrons. The summed E-state index contributed by atoms with van der Waals surface area (Å²) in [6.45, 7) is 1.51. The summed E-state index contributed by atoms with van der Waals surface area (Å²) in [4.78, 5) is 25.9. The predicted molar refractivity (Wildman–Crippen MR) is 108 cm³/mol. The van der Waals surface area contributed by atoms with Crippen molar-refractivity contribution in [1.29, 1.82) is 0 Å². The first-order valence-electron chi connectivity index (χ1n) is 9.44. The standard InChI is InChI=1S/C20H25N3O5S/c1-13-8-9-23(18(10-13)19(21)25)20(26)17(12-24)22-29(27,28)16-7-6-14-4-2-3-5-15(14)11-16/h2-7,11,13,17-18,22,24H,8-10,12H2,1H3,(H2,21,25). The molecular weight excluding hydrogens is 394 g/mol. The SMILES string of the molecule is CC1CCN(C(=O)C(CO)NS(=O)(=O)c2ccc3ccccc3c2)C(C(N)=O)C1. The number of carbonyl (C=O) groups excluding carboxylic acids is 2. The van der Waals surface area contributed by atoms with Crippen LogP contribution in [0.3, 0.4) is 0 Å². The molecule has 156 valence electrons. The lowest BCUT2D eigenvalue weighted by Crippen LogP contribution is -2.58. The molecule has 3 unspecified atom stereocenters. The molecule has 0 aromatic heterocycles. The van der Waals surface area contributed by atoms with Crippen LogP contribution in [0.15, 0.2) is 47.4 Å². The Kier molecular flexibility index (Phi) is 6.21. The van der Waals surface area contributed by atoms with Crippen LogP contribution in [0, 0.1) is 5.92 Å². The lowest BCUT2D eigenvalue weighted by Gasteiger charge is -2.38. The monoisotopic (exact) mass is 419 g/mol. The number of piperidine rings is 1. The topological polar surface area (TPSA) is 130 Å². The Bertz CT molecular complexity index is 1020. The highest BCUT2D eigenvalue weighted by atomic mass is 32.2. The fraction of sp³-hybridized carbons (Fsp3) is 0.400. The third-order valence-electron chi connectivity index (χ3n) is 5.29. The summed E-state index contributed by atoms with van der Waals surface area (Å²) >= 11 is 0. The number of hydrogen-bond donors (Lipinski definition) is 3. The average Bonchev–Trinajstić information content (AvgIpc) is 2.71. The largest absolute Gasteiger partial charge is 0.394 e. The van der Waals surface area contributed by atoms with Gasteiger partial charge in [-0.25, -0.2) is 8.42 Å². The van der Waals surface area contributed by atoms with Gasteiger partial charge in [0.05, 0.1) is 11.5 Å². The van der Waals surface area contributed by atoms with E-state index in [2.05, 4.69) is 4.72 Å². The maximum absolute atomic E-state index is 12.9. The summed E-state index contributed by atoms with van der Waals surface area (Å²) in [6.07, 6.45) is 1.09. The number of fused-ring (bicyclic) bond motifs is 1. The van der Waals surface area contributed by atoms with Crippen LogP contribution in [-0.4, -0.2) is 55.5 Å². The Hall–Kier alpha value is -2.49. The first-order chi connectivity index (χ1) is 13.7. The molecule has 1 heterocycles. The Morgan fingerprint density at radius 3 is 2.59 bits per heavy atom. The number of hydrogen-bond acceptors (Lipinski definition) is 5. The van der Waals surface area contributed by atoms with E-state index in [1.165, 1.54) is 17.0 Å². The minimum atomic E-state index is -4.07. The van der Waals surface area contributed by atoms with E-state index in [4.69, 9.17) is 5.73 Å². The number of nitrogens with one attached hydrogen (secondary N) is 1. The molecule has 3 atom stereocenters. The molecule has 3 rings (SSSR count). The highest BCUT2D eigenvalue weighted by molar-refractivity contribution is 7.89. The van der Waals surface area contributed by atoms with Gasteiger partial charge in [-0.2, -0.15) is 4.72 Å². The van der Waals surface area contributed by atoms with E-state index >= 15 is 0 Å². The Balaban J connectivity index is 1.83. The van der Waals surface area contributed by atoms with Gasteiger partial charge in [0.15, 0.2) is 0 Å². The van der Waals surface area contributed by atoms with Crippen LogP contribution in [0.25, 0.3) is 10.8 Å². The molecule has 0 spiro atoms. The number of primary amides is 1. The Labute approximate surface area is 169 Å². The van der Waals surface area contributed by atoms with Crippen molar-refractivity contribution < 1.29 is 23.1 Å². The third-order valence-corrected chi connectivity index (χ3v) is 6.75. The van der Waals surface area contributed by atoms with E-state index in [1.807, 2.05) is 19.1 Å². The molecule has 1 aliphatic heterocycles. The van der Waals surface area contributed by atoms with Gasteiger partial charge in [0, 0.05) is 6.54 Å². The summed E-state index contributed by atoms with van der Waals surface area (Å²) in [5.41, 5.74) is 5.44. The van der Waals surface area contributed by atoms with Crippen LogP contribution in [0.5, 0.6) is 0 Å². The number of aliphatic hydroxyl groups is 1. The lowest BCUT2D eigenvalue weighted by atomic mass is 9.91. The van der Waals surface area contributed by atoms with E-state index in [1.54, 1.807) is 18.2 Å². The van der Waals surface area contributed by atoms with Crippen molar-refractivity contribution in [3.05, 3.63) is 42.5 Å². The molecule has 1 fully saturated rings. The van der Waals surface area contributed by atoms with Crippen LogP contribution in [-0.2, 0) is 19.6 Å². The summed E-state index contributed by atoms with van der Waals surface area (Å²) in [6, 6.07) is 9.71. The number of likely N-dealkylation sites (tertiary alicyclic amines) is 1. The minimum Gasteiger partial charge on any atom is -0.394 e. The van der Waals surface area contributed by atoms with Crippen LogP contribution in [0.2, 0.25) is 0 Å². The summed E-state index contributed by atoms with van der Waals surface area (Å²) in [5.74, 6) is -1.08. The van der Waals surface area contributed by atoms with Gasteiger partial charge in [-0.1, -0.05) is 37.3 Å². The fourth-order valence-electron chi connectivity index (χ4n) is 3.63. The molecule has 0 saturated carbocycles. The molecule has 1 aliphatic rings. The maximum atomic E-state index is 12.9. The second-order valence-corrected chi connectivity index (χ2v) is 9.16. The molecule has 2 aromatic carbocycles.